The molecule has 1 aromatic heterocycles. The van der Waals surface area contributed by atoms with Crippen molar-refractivity contribution >= 4 is 17.6 Å². The predicted molar refractivity (Wildman–Crippen MR) is 53.7 cm³/mol. The third-order valence-electron chi connectivity index (χ3n) is 2.69. The molecular weight excluding hydrogens is 200 g/mol. The van der Waals surface area contributed by atoms with E-state index < -0.39 is 12.2 Å². The van der Waals surface area contributed by atoms with E-state index in [0.717, 1.165) is 11.2 Å². The van der Waals surface area contributed by atoms with E-state index in [2.05, 4.69) is 0 Å². The number of carbonyl (C=O) groups is 1. The van der Waals surface area contributed by atoms with E-state index in [4.69, 9.17) is 0 Å². The number of carbonyl (C=O) groups excluding carboxylic acids is 1. The minimum absolute atomic E-state index is 0.200. The highest BCUT2D eigenvalue weighted by molar-refractivity contribution is 7.10. The van der Waals surface area contributed by atoms with Crippen LogP contribution in [-0.4, -0.2) is 28.7 Å². The van der Waals surface area contributed by atoms with Crippen LogP contribution in [0.3, 0.4) is 0 Å². The van der Waals surface area contributed by atoms with Gasteiger partial charge >= 0.3 is 0 Å². The Balaban J connectivity index is 2.24. The van der Waals surface area contributed by atoms with E-state index in [1.54, 1.807) is 11.4 Å². The number of thiophene rings is 1. The highest BCUT2D eigenvalue weighted by atomic mass is 32.1. The van der Waals surface area contributed by atoms with Gasteiger partial charge < -0.3 is 10.2 Å². The smallest absolute Gasteiger partial charge is 0.150 e. The van der Waals surface area contributed by atoms with Crippen LogP contribution in [0.25, 0.3) is 0 Å². The van der Waals surface area contributed by atoms with Gasteiger partial charge in [-0.3, -0.25) is 4.79 Å². The largest absolute Gasteiger partial charge is 0.392 e. The molecule has 4 heteroatoms. The van der Waals surface area contributed by atoms with Crippen LogP contribution in [0.1, 0.15) is 34.0 Å². The number of rotatable bonds is 2. The Morgan fingerprint density at radius 3 is 2.50 bits per heavy atom. The molecule has 2 unspecified atom stereocenters. The van der Waals surface area contributed by atoms with E-state index >= 15 is 0 Å². The predicted octanol–water partition coefficient (Wildman–Crippen LogP) is 1.16. The Kier molecular flexibility index (Phi) is 2.67. The van der Waals surface area contributed by atoms with Crippen LogP contribution in [0.5, 0.6) is 0 Å². The van der Waals surface area contributed by atoms with Gasteiger partial charge in [0.05, 0.1) is 12.2 Å². The molecule has 1 aromatic rings. The van der Waals surface area contributed by atoms with Gasteiger partial charge in [0.25, 0.3) is 0 Å². The molecule has 3 nitrogen and oxygen atoms in total. The van der Waals surface area contributed by atoms with Gasteiger partial charge in [-0.15, -0.1) is 11.3 Å². The first kappa shape index (κ1) is 9.83. The number of aldehydes is 1. The van der Waals surface area contributed by atoms with E-state index in [9.17, 15) is 15.0 Å². The second kappa shape index (κ2) is 3.81. The molecule has 0 spiro atoms. The van der Waals surface area contributed by atoms with Crippen molar-refractivity contribution in [3.05, 3.63) is 21.9 Å². The molecule has 0 aromatic carbocycles. The summed E-state index contributed by atoms with van der Waals surface area (Å²) in [7, 11) is 0. The maximum atomic E-state index is 10.5. The molecule has 2 rings (SSSR count). The van der Waals surface area contributed by atoms with Gasteiger partial charge in [-0.1, -0.05) is 0 Å². The first-order valence-corrected chi connectivity index (χ1v) is 5.50. The van der Waals surface area contributed by atoms with Crippen molar-refractivity contribution in [2.45, 2.75) is 31.0 Å². The Bertz CT molecular complexity index is 324. The van der Waals surface area contributed by atoms with Crippen molar-refractivity contribution in [3.8, 4) is 0 Å². The first-order chi connectivity index (χ1) is 6.72. The van der Waals surface area contributed by atoms with Crippen molar-refractivity contribution in [2.75, 3.05) is 0 Å². The lowest BCUT2D eigenvalue weighted by atomic mass is 10.0. The molecule has 2 N–H and O–H groups in total. The van der Waals surface area contributed by atoms with Crippen molar-refractivity contribution in [1.29, 1.82) is 0 Å². The van der Waals surface area contributed by atoms with Crippen LogP contribution in [0.15, 0.2) is 11.4 Å². The van der Waals surface area contributed by atoms with Crippen molar-refractivity contribution in [2.24, 2.45) is 0 Å². The lowest BCUT2D eigenvalue weighted by molar-refractivity contribution is 0.109. The van der Waals surface area contributed by atoms with Crippen molar-refractivity contribution in [1.82, 2.24) is 0 Å². The van der Waals surface area contributed by atoms with Gasteiger partial charge in [0.1, 0.15) is 0 Å². The molecule has 2 atom stereocenters. The average molecular weight is 212 g/mol. The lowest BCUT2D eigenvalue weighted by Crippen LogP contribution is -2.19. The summed E-state index contributed by atoms with van der Waals surface area (Å²) >= 11 is 1.43. The normalized spacial score (nSPS) is 32.0. The van der Waals surface area contributed by atoms with Crippen LogP contribution >= 0.6 is 11.3 Å². The third kappa shape index (κ3) is 1.61. The molecule has 0 bridgehead atoms. The van der Waals surface area contributed by atoms with Gasteiger partial charge in [-0.2, -0.15) is 0 Å². The minimum atomic E-state index is -0.469. The van der Waals surface area contributed by atoms with Crippen LogP contribution in [0, 0.1) is 0 Å². The molecule has 0 radical (unpaired) electrons. The monoisotopic (exact) mass is 212 g/mol. The molecule has 1 aliphatic carbocycles. The highest BCUT2D eigenvalue weighted by Gasteiger charge is 2.35. The first-order valence-electron chi connectivity index (χ1n) is 4.62. The van der Waals surface area contributed by atoms with Gasteiger partial charge in [0, 0.05) is 21.7 Å². The fourth-order valence-corrected chi connectivity index (χ4v) is 3.01. The fraction of sp³-hybridized carbons (Fsp3) is 0.500. The zero-order valence-corrected chi connectivity index (χ0v) is 8.41. The molecular formula is C10H12O3S. The molecule has 1 heterocycles. The summed E-state index contributed by atoms with van der Waals surface area (Å²) in [5.74, 6) is -0.200. The van der Waals surface area contributed by atoms with E-state index in [0.29, 0.717) is 18.4 Å². The Hall–Kier alpha value is -0.710. The number of hydrogen-bond acceptors (Lipinski definition) is 4. The average Bonchev–Trinajstić information content (AvgIpc) is 2.73. The maximum absolute atomic E-state index is 10.5. The lowest BCUT2D eigenvalue weighted by Gasteiger charge is -2.15. The number of hydrogen-bond donors (Lipinski definition) is 2. The summed E-state index contributed by atoms with van der Waals surface area (Å²) in [6, 6.07) is 1.75. The summed E-state index contributed by atoms with van der Waals surface area (Å²) in [5, 5.41) is 21.1. The zero-order chi connectivity index (χ0) is 10.1. The van der Waals surface area contributed by atoms with Crippen LogP contribution in [0.4, 0.5) is 0 Å². The van der Waals surface area contributed by atoms with Gasteiger partial charge in [-0.05, 0) is 18.9 Å². The number of aliphatic hydroxyl groups excluding tert-OH is 2. The summed E-state index contributed by atoms with van der Waals surface area (Å²) < 4.78 is 0. The minimum Gasteiger partial charge on any atom is -0.392 e. The standard InChI is InChI=1S/C10H12O3S/c11-4-6-3-9(14-5-6)10-7(12)1-2-8(10)13/h3-5,7-8,10,12-13H,1-2H2. The van der Waals surface area contributed by atoms with Crippen LogP contribution in [-0.2, 0) is 0 Å². The summed E-state index contributed by atoms with van der Waals surface area (Å²) in [5.41, 5.74) is 0.622. The van der Waals surface area contributed by atoms with Gasteiger partial charge in [0.2, 0.25) is 0 Å². The molecule has 1 aliphatic rings. The Morgan fingerprint density at radius 2 is 2.00 bits per heavy atom. The molecule has 76 valence electrons. The Morgan fingerprint density at radius 1 is 1.36 bits per heavy atom. The topological polar surface area (TPSA) is 57.5 Å². The fourth-order valence-electron chi connectivity index (χ4n) is 1.94. The second-order valence-electron chi connectivity index (χ2n) is 3.64. The molecule has 0 saturated heterocycles. The molecule has 1 fully saturated rings. The molecule has 0 aliphatic heterocycles. The molecule has 1 saturated carbocycles. The highest BCUT2D eigenvalue weighted by Crippen LogP contribution is 2.37. The van der Waals surface area contributed by atoms with E-state index in [1.807, 2.05) is 0 Å². The summed E-state index contributed by atoms with van der Waals surface area (Å²) in [6.07, 6.45) is 1.12. The second-order valence-corrected chi connectivity index (χ2v) is 4.58. The SMILES string of the molecule is O=Cc1csc(C2C(O)CCC2O)c1. The van der Waals surface area contributed by atoms with Gasteiger partial charge in [0.15, 0.2) is 6.29 Å². The number of aliphatic hydroxyl groups is 2. The third-order valence-corrected chi connectivity index (χ3v) is 3.74. The zero-order valence-electron chi connectivity index (χ0n) is 7.59. The van der Waals surface area contributed by atoms with Crippen LogP contribution in [0.2, 0.25) is 0 Å². The van der Waals surface area contributed by atoms with Crippen molar-refractivity contribution < 1.29 is 15.0 Å². The summed E-state index contributed by atoms with van der Waals surface area (Å²) in [6.45, 7) is 0. The quantitative estimate of drug-likeness (QED) is 0.723. The Labute approximate surface area is 86.0 Å². The van der Waals surface area contributed by atoms with E-state index in [1.165, 1.54) is 11.3 Å². The van der Waals surface area contributed by atoms with E-state index in [-0.39, 0.29) is 5.92 Å². The summed E-state index contributed by atoms with van der Waals surface area (Å²) in [4.78, 5) is 11.4. The molecule has 14 heavy (non-hydrogen) atoms. The maximum Gasteiger partial charge on any atom is 0.150 e. The van der Waals surface area contributed by atoms with Crippen LogP contribution < -0.4 is 0 Å². The molecule has 0 amide bonds. The van der Waals surface area contributed by atoms with Gasteiger partial charge in [-0.25, -0.2) is 0 Å². The van der Waals surface area contributed by atoms with Crippen molar-refractivity contribution in [3.63, 3.8) is 0 Å².